The van der Waals surface area contributed by atoms with Crippen LogP contribution in [0.5, 0.6) is 0 Å². The van der Waals surface area contributed by atoms with E-state index in [9.17, 15) is 0 Å². The summed E-state index contributed by atoms with van der Waals surface area (Å²) < 4.78 is 0. The van der Waals surface area contributed by atoms with E-state index in [0.29, 0.717) is 0 Å². The molecule has 0 aromatic heterocycles. The molecule has 0 saturated heterocycles. The van der Waals surface area contributed by atoms with Gasteiger partial charge in [-0.1, -0.05) is 7.43 Å². The Hall–Kier alpha value is 1.70. The number of hydrogen-bond donors (Lipinski definition) is 0. The maximum absolute atomic E-state index is 0. The monoisotopic (exact) mass is 325 g/mol. The molecule has 0 spiro atoms. The van der Waals surface area contributed by atoms with E-state index in [1.54, 1.807) is 0 Å². The first-order valence-corrected chi connectivity index (χ1v) is 0. The van der Waals surface area contributed by atoms with Crippen LogP contribution in [0.1, 0.15) is 7.43 Å². The first-order valence-electron chi connectivity index (χ1n) is 0. The second kappa shape index (κ2) is 22.3. The largest absolute Gasteiger partial charge is 0.0776 e. The molecule has 0 aromatic rings. The van der Waals surface area contributed by atoms with Crippen LogP contribution in [0.2, 0.25) is 0 Å². The quantitative estimate of drug-likeness (QED) is 0.573. The molecule has 0 heterocycles. The van der Waals surface area contributed by atoms with Gasteiger partial charge in [0, 0.05) is 54.6 Å². The zero-order valence-electron chi connectivity index (χ0n) is 0.986. The van der Waals surface area contributed by atoms with Crippen LogP contribution in [0.25, 0.3) is 0 Å². The molecule has 0 rings (SSSR count). The Balaban J connectivity index is 0. The molecule has 0 fully saturated rings. The van der Waals surface area contributed by atoms with E-state index >= 15 is 0 Å². The fourth-order valence-electron chi connectivity index (χ4n) is 0. The van der Waals surface area contributed by atoms with Gasteiger partial charge in [0.2, 0.25) is 0 Å². The Morgan fingerprint density at radius 2 is 1.00 bits per heavy atom. The normalized spacial score (nSPS) is 0. The van der Waals surface area contributed by atoms with Crippen molar-refractivity contribution in [1.82, 2.24) is 0 Å². The van der Waals surface area contributed by atoms with Crippen LogP contribution in [-0.4, -0.2) is 0 Å². The third kappa shape index (κ3) is 9.33. The van der Waals surface area contributed by atoms with Crippen LogP contribution >= 0.6 is 0 Å². The summed E-state index contributed by atoms with van der Waals surface area (Å²) in [5.74, 6) is 0. The first kappa shape index (κ1) is 43.5. The molecule has 0 amide bonds. The molecule has 0 aliphatic heterocycles. The molecule has 0 atom stereocenters. The van der Waals surface area contributed by atoms with Crippen LogP contribution < -0.4 is 0 Å². The third-order valence-electron chi connectivity index (χ3n) is 0. The maximum atomic E-state index is 0. The van der Waals surface area contributed by atoms with Gasteiger partial charge < -0.3 is 0 Å². The molecule has 0 aliphatic rings. The van der Waals surface area contributed by atoms with Crippen molar-refractivity contribution in [3.63, 3.8) is 0 Å². The van der Waals surface area contributed by atoms with Crippen LogP contribution in [0.3, 0.4) is 0 Å². The van der Waals surface area contributed by atoms with Crippen molar-refractivity contribution in [3.8, 4) is 0 Å². The summed E-state index contributed by atoms with van der Waals surface area (Å²) in [5, 5.41) is 0. The SMILES string of the molecule is C.[Fe].[Ni].[Pt]. The van der Waals surface area contributed by atoms with Crippen LogP contribution in [0.4, 0.5) is 0 Å². The fourth-order valence-corrected chi connectivity index (χ4v) is 0. The summed E-state index contributed by atoms with van der Waals surface area (Å²) in [4.78, 5) is 0. The molecular weight excluding hydrogens is 322 g/mol. The van der Waals surface area contributed by atoms with Gasteiger partial charge in [0.15, 0.2) is 0 Å². The van der Waals surface area contributed by atoms with E-state index in [0.717, 1.165) is 0 Å². The van der Waals surface area contributed by atoms with E-state index < -0.39 is 0 Å². The topological polar surface area (TPSA) is 0 Å². The van der Waals surface area contributed by atoms with Crippen molar-refractivity contribution in [3.05, 3.63) is 0 Å². The van der Waals surface area contributed by atoms with Crippen LogP contribution in [-0.2, 0) is 54.6 Å². The molecule has 0 saturated carbocycles. The maximum Gasteiger partial charge on any atom is 0 e. The van der Waals surface area contributed by atoms with Gasteiger partial charge >= 0.3 is 0 Å². The van der Waals surface area contributed by atoms with E-state index in [1.165, 1.54) is 0 Å². The van der Waals surface area contributed by atoms with Gasteiger partial charge in [-0.15, -0.1) is 0 Å². The summed E-state index contributed by atoms with van der Waals surface area (Å²) in [6, 6.07) is 0. The molecule has 0 aliphatic carbocycles. The minimum atomic E-state index is 0. The number of rotatable bonds is 0. The molecule has 0 radical (unpaired) electrons. The van der Waals surface area contributed by atoms with Gasteiger partial charge in [0.05, 0.1) is 0 Å². The smallest absolute Gasteiger partial charge is 0 e. The molecule has 0 N–H and O–H groups in total. The van der Waals surface area contributed by atoms with Gasteiger partial charge in [-0.05, 0) is 0 Å². The predicted octanol–water partition coefficient (Wildman–Crippen LogP) is 0.629. The molecule has 3 heteroatoms. The summed E-state index contributed by atoms with van der Waals surface area (Å²) in [5.41, 5.74) is 0. The Morgan fingerprint density at radius 1 is 1.00 bits per heavy atom. The molecule has 36 valence electrons. The third-order valence-corrected chi connectivity index (χ3v) is 0. The van der Waals surface area contributed by atoms with Crippen molar-refractivity contribution in [2.45, 2.75) is 7.43 Å². The zero-order chi connectivity index (χ0) is 0. The Bertz CT molecular complexity index is 8.00. The average molecular weight is 326 g/mol. The van der Waals surface area contributed by atoms with E-state index in [2.05, 4.69) is 0 Å². The van der Waals surface area contributed by atoms with Crippen LogP contribution in [0, 0.1) is 0 Å². The predicted molar refractivity (Wildman–Crippen MR) is 6.73 cm³/mol. The van der Waals surface area contributed by atoms with E-state index in [4.69, 9.17) is 0 Å². The molecule has 0 nitrogen and oxygen atoms in total. The molecule has 4 heavy (non-hydrogen) atoms. The zero-order valence-corrected chi connectivity index (χ0v) is 5.35. The van der Waals surface area contributed by atoms with E-state index in [1.807, 2.05) is 0 Å². The molecule has 0 bridgehead atoms. The first-order chi connectivity index (χ1) is 0. The standard InChI is InChI=1S/CH4.Fe.Ni.Pt/h1H4;;;. The van der Waals surface area contributed by atoms with Crippen molar-refractivity contribution in [2.75, 3.05) is 0 Å². The molecular formula is CH4FeNiPt. The van der Waals surface area contributed by atoms with Crippen molar-refractivity contribution >= 4 is 0 Å². The molecule has 0 aromatic carbocycles. The van der Waals surface area contributed by atoms with Gasteiger partial charge in [0.25, 0.3) is 0 Å². The van der Waals surface area contributed by atoms with Gasteiger partial charge in [-0.3, -0.25) is 0 Å². The summed E-state index contributed by atoms with van der Waals surface area (Å²) in [7, 11) is 0. The number of hydrogen-bond acceptors (Lipinski definition) is 0. The van der Waals surface area contributed by atoms with E-state index in [-0.39, 0.29) is 62.1 Å². The Kier molecular flexibility index (Phi) is 242. The second-order valence-corrected chi connectivity index (χ2v) is 0. The summed E-state index contributed by atoms with van der Waals surface area (Å²) in [6.45, 7) is 0. The van der Waals surface area contributed by atoms with Crippen molar-refractivity contribution in [1.29, 1.82) is 0 Å². The van der Waals surface area contributed by atoms with Crippen molar-refractivity contribution in [2.24, 2.45) is 0 Å². The minimum Gasteiger partial charge on any atom is -0.0776 e. The van der Waals surface area contributed by atoms with Crippen molar-refractivity contribution < 1.29 is 54.6 Å². The summed E-state index contributed by atoms with van der Waals surface area (Å²) in [6.07, 6.45) is 0. The second-order valence-electron chi connectivity index (χ2n) is 0. The average Bonchev–Trinajstić information content (AvgIpc) is 0. The van der Waals surface area contributed by atoms with Gasteiger partial charge in [0.1, 0.15) is 0 Å². The summed E-state index contributed by atoms with van der Waals surface area (Å²) >= 11 is 0. The van der Waals surface area contributed by atoms with Gasteiger partial charge in [-0.25, -0.2) is 0 Å². The van der Waals surface area contributed by atoms with Crippen LogP contribution in [0.15, 0.2) is 0 Å². The minimum absolute atomic E-state index is 0. The van der Waals surface area contributed by atoms with Gasteiger partial charge in [-0.2, -0.15) is 0 Å². The fraction of sp³-hybridized carbons (Fsp3) is 1.00. The Morgan fingerprint density at radius 3 is 1.00 bits per heavy atom. The molecule has 0 unspecified atom stereocenters. The Labute approximate surface area is 61.8 Å².